The van der Waals surface area contributed by atoms with Gasteiger partial charge in [0.05, 0.1) is 6.61 Å². The summed E-state index contributed by atoms with van der Waals surface area (Å²) >= 11 is 0. The van der Waals surface area contributed by atoms with E-state index in [1.165, 1.54) is 11.3 Å². The van der Waals surface area contributed by atoms with E-state index in [1.54, 1.807) is 0 Å². The zero-order valence-corrected chi connectivity index (χ0v) is 24.6. The van der Waals surface area contributed by atoms with Crippen molar-refractivity contribution in [3.8, 4) is 0 Å². The van der Waals surface area contributed by atoms with Crippen LogP contribution in [-0.4, -0.2) is 88.1 Å². The van der Waals surface area contributed by atoms with Crippen LogP contribution in [0.4, 0.5) is 10.5 Å². The van der Waals surface area contributed by atoms with Crippen LogP contribution in [0.1, 0.15) is 64.9 Å². The molecule has 0 aromatic heterocycles. The molecular formula is C29H49N5O3S. The Morgan fingerprint density at radius 2 is 1.55 bits per heavy atom. The van der Waals surface area contributed by atoms with Crippen molar-refractivity contribution in [1.82, 2.24) is 14.1 Å². The summed E-state index contributed by atoms with van der Waals surface area (Å²) in [6.45, 7) is 17.5. The Balaban J connectivity index is 0.00000195. The van der Waals surface area contributed by atoms with E-state index >= 15 is 0 Å². The molecule has 8 nitrogen and oxygen atoms in total. The standard InChI is InChI=1S/C27H43N5O3S.C2H6/c1-3-4-21-35-22-24-7-9-25(10-8-24)29-17-19-32(20-18-29)36(34)27(23(2)28)11-15-31(16-12-27)26(33)30-13-5-6-14-30;1-2/h7-10H,2-6,11-22,28H2,1H3;1-2H3. The highest BCUT2D eigenvalue weighted by atomic mass is 32.2. The first-order valence-corrected chi connectivity index (χ1v) is 15.6. The topological polar surface area (TPSA) is 82.4 Å². The Morgan fingerprint density at radius 1 is 0.974 bits per heavy atom. The van der Waals surface area contributed by atoms with Gasteiger partial charge in [0, 0.05) is 70.3 Å². The van der Waals surface area contributed by atoms with Crippen LogP contribution in [0.2, 0.25) is 0 Å². The fourth-order valence-corrected chi connectivity index (χ4v) is 7.12. The number of rotatable bonds is 9. The van der Waals surface area contributed by atoms with Gasteiger partial charge >= 0.3 is 6.03 Å². The Kier molecular flexibility index (Phi) is 11.9. The summed E-state index contributed by atoms with van der Waals surface area (Å²) < 4.78 is 21.0. The van der Waals surface area contributed by atoms with E-state index in [9.17, 15) is 9.00 Å². The number of nitrogens with two attached hydrogens (primary N) is 1. The van der Waals surface area contributed by atoms with Gasteiger partial charge in [-0.3, -0.25) is 0 Å². The Bertz CT molecular complexity index is 903. The molecule has 2 amide bonds. The van der Waals surface area contributed by atoms with E-state index in [2.05, 4.69) is 47.0 Å². The third-order valence-electron chi connectivity index (χ3n) is 7.82. The normalized spacial score (nSPS) is 20.6. The van der Waals surface area contributed by atoms with Gasteiger partial charge < -0.3 is 25.2 Å². The van der Waals surface area contributed by atoms with Gasteiger partial charge in [-0.1, -0.05) is 45.9 Å². The van der Waals surface area contributed by atoms with Crippen LogP contribution in [0.5, 0.6) is 0 Å². The average molecular weight is 548 g/mol. The molecule has 38 heavy (non-hydrogen) atoms. The summed E-state index contributed by atoms with van der Waals surface area (Å²) in [5, 5.41) is 0. The molecule has 1 unspecified atom stereocenters. The minimum atomic E-state index is -1.28. The first-order valence-electron chi connectivity index (χ1n) is 14.5. The summed E-state index contributed by atoms with van der Waals surface area (Å²) in [7, 11) is -1.28. The first-order chi connectivity index (χ1) is 18.4. The van der Waals surface area contributed by atoms with Gasteiger partial charge in [-0.25, -0.2) is 13.3 Å². The van der Waals surface area contributed by atoms with Crippen molar-refractivity contribution in [3.63, 3.8) is 0 Å². The number of hydrogen-bond acceptors (Lipinski definition) is 5. The molecule has 0 radical (unpaired) electrons. The van der Waals surface area contributed by atoms with Crippen molar-refractivity contribution in [3.05, 3.63) is 42.1 Å². The van der Waals surface area contributed by atoms with E-state index < -0.39 is 15.7 Å². The number of benzene rings is 1. The lowest BCUT2D eigenvalue weighted by molar-refractivity contribution is 0.118. The molecule has 3 aliphatic rings. The number of hydrogen-bond donors (Lipinski definition) is 1. The summed E-state index contributed by atoms with van der Waals surface area (Å²) in [6, 6.07) is 8.69. The number of ether oxygens (including phenoxy) is 1. The molecule has 0 aliphatic carbocycles. The van der Waals surface area contributed by atoms with E-state index in [1.807, 2.05) is 23.6 Å². The van der Waals surface area contributed by atoms with E-state index in [4.69, 9.17) is 10.5 Å². The summed E-state index contributed by atoms with van der Waals surface area (Å²) in [6.07, 6.45) is 5.59. The highest BCUT2D eigenvalue weighted by Crippen LogP contribution is 2.35. The molecule has 3 saturated heterocycles. The monoisotopic (exact) mass is 547 g/mol. The molecule has 4 rings (SSSR count). The van der Waals surface area contributed by atoms with E-state index in [-0.39, 0.29) is 6.03 Å². The number of likely N-dealkylation sites (tertiary alicyclic amines) is 2. The number of carbonyl (C=O) groups excluding carboxylic acids is 1. The second-order valence-electron chi connectivity index (χ2n) is 10.2. The number of piperidine rings is 1. The van der Waals surface area contributed by atoms with Gasteiger partial charge in [-0.05, 0) is 49.8 Å². The molecule has 0 spiro atoms. The highest BCUT2D eigenvalue weighted by Gasteiger charge is 2.46. The number of carbonyl (C=O) groups is 1. The fraction of sp³-hybridized carbons (Fsp3) is 0.690. The van der Waals surface area contributed by atoms with Crippen LogP contribution in [0.25, 0.3) is 0 Å². The second-order valence-corrected chi connectivity index (χ2v) is 12.0. The maximum absolute atomic E-state index is 13.8. The molecule has 3 heterocycles. The van der Waals surface area contributed by atoms with Crippen molar-refractivity contribution in [2.45, 2.75) is 70.7 Å². The molecule has 3 aliphatic heterocycles. The van der Waals surface area contributed by atoms with Crippen molar-refractivity contribution >= 4 is 22.7 Å². The number of nitrogens with zero attached hydrogens (tertiary/aromatic N) is 4. The fourth-order valence-electron chi connectivity index (χ4n) is 5.37. The maximum Gasteiger partial charge on any atom is 0.319 e. The predicted octanol–water partition coefficient (Wildman–Crippen LogP) is 4.34. The van der Waals surface area contributed by atoms with Gasteiger partial charge in [0.15, 0.2) is 0 Å². The zero-order chi connectivity index (χ0) is 27.5. The lowest BCUT2D eigenvalue weighted by Gasteiger charge is -2.45. The van der Waals surface area contributed by atoms with Crippen LogP contribution < -0.4 is 10.6 Å². The summed E-state index contributed by atoms with van der Waals surface area (Å²) in [5.41, 5.74) is 9.14. The van der Waals surface area contributed by atoms with Crippen LogP contribution >= 0.6 is 0 Å². The number of piperazine rings is 1. The molecule has 1 atom stereocenters. The largest absolute Gasteiger partial charge is 0.401 e. The molecule has 9 heteroatoms. The third kappa shape index (κ3) is 7.30. The lowest BCUT2D eigenvalue weighted by atomic mass is 9.93. The van der Waals surface area contributed by atoms with Crippen molar-refractivity contribution < 1.29 is 13.7 Å². The first kappa shape index (κ1) is 30.4. The van der Waals surface area contributed by atoms with Gasteiger partial charge in [0.1, 0.15) is 15.7 Å². The molecule has 1 aromatic carbocycles. The van der Waals surface area contributed by atoms with Gasteiger partial charge in [0.2, 0.25) is 0 Å². The number of amides is 2. The van der Waals surface area contributed by atoms with Crippen LogP contribution in [0.3, 0.4) is 0 Å². The average Bonchev–Trinajstić information content (AvgIpc) is 3.51. The SMILES string of the molecule is C=C(N)C1(S(=O)N2CCN(c3ccc(COCCCC)cc3)CC2)CCN(C(=O)N2CCCC2)CC1.CC. The molecule has 3 fully saturated rings. The molecular weight excluding hydrogens is 498 g/mol. The molecule has 214 valence electrons. The van der Waals surface area contributed by atoms with Crippen molar-refractivity contribution in [2.24, 2.45) is 5.73 Å². The quantitative estimate of drug-likeness (QED) is 0.465. The van der Waals surface area contributed by atoms with Crippen molar-refractivity contribution in [1.29, 1.82) is 0 Å². The minimum absolute atomic E-state index is 0.113. The van der Waals surface area contributed by atoms with Gasteiger partial charge in [0.25, 0.3) is 0 Å². The summed E-state index contributed by atoms with van der Waals surface area (Å²) in [5.74, 6) is 0. The Hall–Kier alpha value is -2.10. The van der Waals surface area contributed by atoms with Gasteiger partial charge in [-0.15, -0.1) is 0 Å². The second kappa shape index (κ2) is 14.9. The molecule has 0 saturated carbocycles. The number of urea groups is 1. The lowest BCUT2D eigenvalue weighted by Crippen LogP contribution is -2.58. The van der Waals surface area contributed by atoms with Crippen LogP contribution in [-0.2, 0) is 22.3 Å². The Morgan fingerprint density at radius 3 is 2.11 bits per heavy atom. The minimum Gasteiger partial charge on any atom is -0.401 e. The smallest absolute Gasteiger partial charge is 0.319 e. The maximum atomic E-state index is 13.8. The van der Waals surface area contributed by atoms with Gasteiger partial charge in [-0.2, -0.15) is 0 Å². The molecule has 1 aromatic rings. The van der Waals surface area contributed by atoms with Crippen LogP contribution in [0.15, 0.2) is 36.5 Å². The van der Waals surface area contributed by atoms with E-state index in [0.717, 1.165) is 58.5 Å². The number of unbranched alkanes of at least 4 members (excludes halogenated alkanes) is 1. The predicted molar refractivity (Wildman–Crippen MR) is 157 cm³/mol. The summed E-state index contributed by atoms with van der Waals surface area (Å²) in [4.78, 5) is 19.0. The zero-order valence-electron chi connectivity index (χ0n) is 23.8. The molecule has 2 N–H and O–H groups in total. The Labute approximate surface area is 232 Å². The van der Waals surface area contributed by atoms with E-state index in [0.29, 0.717) is 51.3 Å². The van der Waals surface area contributed by atoms with Crippen molar-refractivity contribution in [2.75, 3.05) is 63.9 Å². The molecule has 0 bridgehead atoms. The number of anilines is 1. The van der Waals surface area contributed by atoms with Crippen LogP contribution in [0, 0.1) is 0 Å². The highest BCUT2D eigenvalue weighted by molar-refractivity contribution is 7.84. The third-order valence-corrected chi connectivity index (χ3v) is 10.00.